The van der Waals surface area contributed by atoms with Crippen LogP contribution in [0.1, 0.15) is 43.6 Å². The first-order valence-electron chi connectivity index (χ1n) is 7.60. The van der Waals surface area contributed by atoms with E-state index in [0.29, 0.717) is 6.04 Å². The lowest BCUT2D eigenvalue weighted by molar-refractivity contribution is 0.175. The van der Waals surface area contributed by atoms with Crippen LogP contribution in [0.5, 0.6) is 0 Å². The first-order valence-corrected chi connectivity index (χ1v) is 7.60. The van der Waals surface area contributed by atoms with E-state index in [-0.39, 0.29) is 0 Å². The maximum Gasteiger partial charge on any atom is 0.103 e. The van der Waals surface area contributed by atoms with Gasteiger partial charge in [-0.3, -0.25) is 4.90 Å². The molecule has 0 unspecified atom stereocenters. The van der Waals surface area contributed by atoms with Crippen molar-refractivity contribution >= 4 is 0 Å². The number of hydrogen-bond donors (Lipinski definition) is 1. The number of nitrogens with zero attached hydrogens (tertiary/aromatic N) is 2. The quantitative estimate of drug-likeness (QED) is 0.915. The van der Waals surface area contributed by atoms with Gasteiger partial charge >= 0.3 is 0 Å². The van der Waals surface area contributed by atoms with Crippen LogP contribution in [0, 0.1) is 6.92 Å². The summed E-state index contributed by atoms with van der Waals surface area (Å²) in [6, 6.07) is 9.42. The zero-order chi connectivity index (χ0) is 13.9. The minimum atomic E-state index is 0.521. The van der Waals surface area contributed by atoms with Crippen molar-refractivity contribution in [2.75, 3.05) is 13.1 Å². The van der Waals surface area contributed by atoms with Gasteiger partial charge in [-0.15, -0.1) is 0 Å². The summed E-state index contributed by atoms with van der Waals surface area (Å²) in [5.74, 6) is 0.964. The van der Waals surface area contributed by atoms with Crippen LogP contribution < -0.4 is 0 Å². The van der Waals surface area contributed by atoms with Crippen LogP contribution >= 0.6 is 0 Å². The Labute approximate surface area is 121 Å². The molecule has 0 spiro atoms. The molecule has 20 heavy (non-hydrogen) atoms. The van der Waals surface area contributed by atoms with Crippen molar-refractivity contribution in [2.24, 2.45) is 0 Å². The molecule has 1 aliphatic rings. The van der Waals surface area contributed by atoms with E-state index in [1.807, 2.05) is 13.1 Å². The SMILES string of the molecule is Cc1ncc(-c2ccc([C@H](C)N3CCCCC3)cc2)[nH]1. The summed E-state index contributed by atoms with van der Waals surface area (Å²) in [6.07, 6.45) is 5.98. The number of aromatic nitrogens is 2. The second-order valence-electron chi connectivity index (χ2n) is 5.78. The molecule has 0 radical (unpaired) electrons. The van der Waals surface area contributed by atoms with Gasteiger partial charge < -0.3 is 4.98 Å². The Morgan fingerprint density at radius 2 is 1.80 bits per heavy atom. The van der Waals surface area contributed by atoms with E-state index >= 15 is 0 Å². The van der Waals surface area contributed by atoms with Gasteiger partial charge in [0, 0.05) is 6.04 Å². The molecule has 3 nitrogen and oxygen atoms in total. The molecule has 3 rings (SSSR count). The molecule has 0 aliphatic carbocycles. The summed E-state index contributed by atoms with van der Waals surface area (Å²) in [6.45, 7) is 6.78. The van der Waals surface area contributed by atoms with Crippen molar-refractivity contribution in [3.8, 4) is 11.3 Å². The topological polar surface area (TPSA) is 31.9 Å². The third kappa shape index (κ3) is 2.78. The molecule has 0 saturated carbocycles. The van der Waals surface area contributed by atoms with Gasteiger partial charge in [-0.1, -0.05) is 30.7 Å². The number of hydrogen-bond acceptors (Lipinski definition) is 2. The van der Waals surface area contributed by atoms with E-state index in [1.54, 1.807) is 0 Å². The Hall–Kier alpha value is -1.61. The zero-order valence-electron chi connectivity index (χ0n) is 12.4. The summed E-state index contributed by atoms with van der Waals surface area (Å²) in [5.41, 5.74) is 3.71. The fourth-order valence-corrected chi connectivity index (χ4v) is 3.03. The summed E-state index contributed by atoms with van der Waals surface area (Å²) >= 11 is 0. The van der Waals surface area contributed by atoms with E-state index in [1.165, 1.54) is 43.5 Å². The monoisotopic (exact) mass is 269 g/mol. The van der Waals surface area contributed by atoms with Crippen LogP contribution in [0.4, 0.5) is 0 Å². The summed E-state index contributed by atoms with van der Waals surface area (Å²) in [7, 11) is 0. The van der Waals surface area contributed by atoms with Crippen LogP contribution in [0.2, 0.25) is 0 Å². The molecule has 1 aromatic carbocycles. The first-order chi connectivity index (χ1) is 9.74. The Kier molecular flexibility index (Phi) is 3.88. The fourth-order valence-electron chi connectivity index (χ4n) is 3.03. The average Bonchev–Trinajstić information content (AvgIpc) is 2.94. The molecule has 2 heterocycles. The van der Waals surface area contributed by atoms with Crippen molar-refractivity contribution < 1.29 is 0 Å². The highest BCUT2D eigenvalue weighted by atomic mass is 15.2. The van der Waals surface area contributed by atoms with Crippen molar-refractivity contribution in [3.05, 3.63) is 41.9 Å². The molecule has 1 fully saturated rings. The zero-order valence-corrected chi connectivity index (χ0v) is 12.4. The van der Waals surface area contributed by atoms with Gasteiger partial charge in [0.1, 0.15) is 5.82 Å². The van der Waals surface area contributed by atoms with E-state index < -0.39 is 0 Å². The lowest BCUT2D eigenvalue weighted by Gasteiger charge is -2.32. The van der Waals surface area contributed by atoms with Crippen LogP contribution in [0.25, 0.3) is 11.3 Å². The molecule has 1 aliphatic heterocycles. The fraction of sp³-hybridized carbons (Fsp3) is 0.471. The summed E-state index contributed by atoms with van der Waals surface area (Å²) in [4.78, 5) is 10.1. The number of imidazole rings is 1. The Bertz CT molecular complexity index is 550. The van der Waals surface area contributed by atoms with Crippen LogP contribution in [-0.2, 0) is 0 Å². The van der Waals surface area contributed by atoms with Crippen LogP contribution in [0.3, 0.4) is 0 Å². The van der Waals surface area contributed by atoms with Crippen molar-refractivity contribution in [1.82, 2.24) is 14.9 Å². The van der Waals surface area contributed by atoms with E-state index in [9.17, 15) is 0 Å². The predicted octanol–water partition coefficient (Wildman–Crippen LogP) is 3.93. The van der Waals surface area contributed by atoms with E-state index in [2.05, 4.69) is 46.1 Å². The number of aromatic amines is 1. The number of H-pyrrole nitrogens is 1. The highest BCUT2D eigenvalue weighted by Crippen LogP contribution is 2.26. The highest BCUT2D eigenvalue weighted by Gasteiger charge is 2.17. The normalized spacial score (nSPS) is 18.1. The van der Waals surface area contributed by atoms with Crippen LogP contribution in [-0.4, -0.2) is 28.0 Å². The lowest BCUT2D eigenvalue weighted by Crippen LogP contribution is -2.32. The van der Waals surface area contributed by atoms with Gasteiger partial charge in [0.2, 0.25) is 0 Å². The first kappa shape index (κ1) is 13.4. The number of aryl methyl sites for hydroxylation is 1. The minimum Gasteiger partial charge on any atom is -0.342 e. The molecule has 1 N–H and O–H groups in total. The van der Waals surface area contributed by atoms with E-state index in [4.69, 9.17) is 0 Å². The Balaban J connectivity index is 1.75. The number of benzene rings is 1. The van der Waals surface area contributed by atoms with Crippen molar-refractivity contribution in [3.63, 3.8) is 0 Å². The third-order valence-corrected chi connectivity index (χ3v) is 4.35. The standard InChI is InChI=1S/C17H23N3/c1-13(20-10-4-3-5-11-20)15-6-8-16(9-7-15)17-12-18-14(2)19-17/h6-9,12-13H,3-5,10-11H2,1-2H3,(H,18,19)/t13-/m0/s1. The number of piperidine rings is 1. The number of rotatable bonds is 3. The average molecular weight is 269 g/mol. The van der Waals surface area contributed by atoms with Crippen molar-refractivity contribution in [2.45, 2.75) is 39.2 Å². The van der Waals surface area contributed by atoms with Gasteiger partial charge in [-0.2, -0.15) is 0 Å². The van der Waals surface area contributed by atoms with Crippen LogP contribution in [0.15, 0.2) is 30.5 Å². The van der Waals surface area contributed by atoms with Gasteiger partial charge in [-0.25, -0.2) is 4.98 Å². The van der Waals surface area contributed by atoms with Gasteiger partial charge in [0.05, 0.1) is 11.9 Å². The van der Waals surface area contributed by atoms with Gasteiger partial charge in [0.15, 0.2) is 0 Å². The van der Waals surface area contributed by atoms with Gasteiger partial charge in [0.25, 0.3) is 0 Å². The maximum absolute atomic E-state index is 4.26. The Morgan fingerprint density at radius 1 is 1.10 bits per heavy atom. The Morgan fingerprint density at radius 3 is 2.40 bits per heavy atom. The molecule has 0 bridgehead atoms. The molecule has 1 atom stereocenters. The minimum absolute atomic E-state index is 0.521. The van der Waals surface area contributed by atoms with Gasteiger partial charge in [-0.05, 0) is 50.9 Å². The van der Waals surface area contributed by atoms with E-state index in [0.717, 1.165) is 11.5 Å². The third-order valence-electron chi connectivity index (χ3n) is 4.35. The second-order valence-corrected chi connectivity index (χ2v) is 5.78. The van der Waals surface area contributed by atoms with Crippen molar-refractivity contribution in [1.29, 1.82) is 0 Å². The molecular formula is C17H23N3. The predicted molar refractivity (Wildman–Crippen MR) is 82.6 cm³/mol. The summed E-state index contributed by atoms with van der Waals surface area (Å²) < 4.78 is 0. The second kappa shape index (κ2) is 5.80. The summed E-state index contributed by atoms with van der Waals surface area (Å²) in [5, 5.41) is 0. The smallest absolute Gasteiger partial charge is 0.103 e. The molecule has 1 saturated heterocycles. The lowest BCUT2D eigenvalue weighted by atomic mass is 10.0. The molecule has 0 amide bonds. The molecule has 3 heteroatoms. The molecule has 1 aromatic heterocycles. The molecule has 106 valence electrons. The number of likely N-dealkylation sites (tertiary alicyclic amines) is 1. The largest absolute Gasteiger partial charge is 0.342 e. The highest BCUT2D eigenvalue weighted by molar-refractivity contribution is 5.58. The maximum atomic E-state index is 4.26. The number of nitrogens with one attached hydrogen (secondary N) is 1. The molecule has 2 aromatic rings. The molecular weight excluding hydrogens is 246 g/mol.